The fourth-order valence-electron chi connectivity index (χ4n) is 2.78. The van der Waals surface area contributed by atoms with Gasteiger partial charge in [0.15, 0.2) is 0 Å². The Morgan fingerprint density at radius 2 is 2.37 bits per heavy atom. The Bertz CT molecular complexity index is 435. The fraction of sp³-hybridized carbons (Fsp3) is 0.571. The lowest BCUT2D eigenvalue weighted by molar-refractivity contribution is 0.0941. The lowest BCUT2D eigenvalue weighted by Gasteiger charge is -2.26. The molecule has 1 aromatic rings. The zero-order valence-corrected chi connectivity index (χ0v) is 11.4. The van der Waals surface area contributed by atoms with Gasteiger partial charge in [0, 0.05) is 18.9 Å². The summed E-state index contributed by atoms with van der Waals surface area (Å²) in [5.74, 6) is 6.65. The molecular weight excluding hydrogens is 240 g/mol. The van der Waals surface area contributed by atoms with Gasteiger partial charge in [-0.15, -0.1) is 0 Å². The van der Waals surface area contributed by atoms with Crippen LogP contribution in [0.1, 0.15) is 43.0 Å². The van der Waals surface area contributed by atoms with E-state index in [1.807, 2.05) is 0 Å². The van der Waals surface area contributed by atoms with E-state index in [2.05, 4.69) is 22.7 Å². The van der Waals surface area contributed by atoms with Gasteiger partial charge in [0.05, 0.1) is 11.3 Å². The van der Waals surface area contributed by atoms with Crippen LogP contribution in [0.15, 0.2) is 18.5 Å². The number of hydrogen-bond acceptors (Lipinski definition) is 4. The molecule has 1 fully saturated rings. The van der Waals surface area contributed by atoms with Gasteiger partial charge in [-0.2, -0.15) is 0 Å². The van der Waals surface area contributed by atoms with Crippen molar-refractivity contribution in [2.24, 2.45) is 17.7 Å². The quantitative estimate of drug-likeness (QED) is 0.572. The van der Waals surface area contributed by atoms with Crippen molar-refractivity contribution in [3.8, 4) is 0 Å². The maximum absolute atomic E-state index is 12.1. The van der Waals surface area contributed by atoms with Crippen LogP contribution in [0, 0.1) is 11.8 Å². The number of nitrogens with one attached hydrogen (secondary N) is 2. The maximum Gasteiger partial charge on any atom is 0.255 e. The van der Waals surface area contributed by atoms with Crippen molar-refractivity contribution in [1.29, 1.82) is 0 Å². The van der Waals surface area contributed by atoms with Crippen LogP contribution in [0.25, 0.3) is 0 Å². The van der Waals surface area contributed by atoms with Crippen molar-refractivity contribution in [3.05, 3.63) is 24.0 Å². The number of carbonyl (C=O) groups excluding carboxylic acids is 1. The monoisotopic (exact) mass is 262 g/mol. The molecule has 2 unspecified atom stereocenters. The molecule has 0 aromatic carbocycles. The maximum atomic E-state index is 12.1. The number of nitrogens with zero attached hydrogens (tertiary/aromatic N) is 1. The predicted molar refractivity (Wildman–Crippen MR) is 75.5 cm³/mol. The molecule has 19 heavy (non-hydrogen) atoms. The van der Waals surface area contributed by atoms with E-state index in [1.54, 1.807) is 12.3 Å². The summed E-state index contributed by atoms with van der Waals surface area (Å²) in [5, 5.41) is 2.99. The Labute approximate surface area is 114 Å². The molecule has 5 nitrogen and oxygen atoms in total. The van der Waals surface area contributed by atoms with Crippen LogP contribution < -0.4 is 16.6 Å². The third kappa shape index (κ3) is 3.67. The number of hydrogen-bond donors (Lipinski definition) is 3. The van der Waals surface area contributed by atoms with Crippen molar-refractivity contribution in [3.63, 3.8) is 0 Å². The Hall–Kier alpha value is -1.62. The molecule has 0 aliphatic heterocycles. The Morgan fingerprint density at radius 3 is 3.11 bits per heavy atom. The zero-order valence-electron chi connectivity index (χ0n) is 11.4. The second-order valence-corrected chi connectivity index (χ2v) is 5.41. The molecule has 1 heterocycles. The van der Waals surface area contributed by atoms with Crippen LogP contribution in [-0.4, -0.2) is 17.4 Å². The van der Waals surface area contributed by atoms with Crippen molar-refractivity contribution in [1.82, 2.24) is 10.3 Å². The highest BCUT2D eigenvalue weighted by molar-refractivity contribution is 5.99. The lowest BCUT2D eigenvalue weighted by atomic mass is 9.82. The van der Waals surface area contributed by atoms with E-state index in [4.69, 9.17) is 5.84 Å². The van der Waals surface area contributed by atoms with Gasteiger partial charge in [-0.25, -0.2) is 0 Å². The van der Waals surface area contributed by atoms with Crippen LogP contribution >= 0.6 is 0 Å². The highest BCUT2D eigenvalue weighted by Crippen LogP contribution is 2.28. The zero-order chi connectivity index (χ0) is 13.7. The third-order valence-corrected chi connectivity index (χ3v) is 3.82. The van der Waals surface area contributed by atoms with Gasteiger partial charge in [0.25, 0.3) is 5.91 Å². The molecule has 1 saturated carbocycles. The van der Waals surface area contributed by atoms with E-state index in [-0.39, 0.29) is 5.91 Å². The standard InChI is InChI=1S/C14H22N4O/c1-10-3-2-4-11(7-10)8-17-14(19)12-9-16-6-5-13(12)18-15/h5-6,9-11H,2-4,7-8,15H2,1H3,(H,16,18)(H,17,19). The molecule has 104 valence electrons. The number of hydrazine groups is 1. The summed E-state index contributed by atoms with van der Waals surface area (Å²) in [6.07, 6.45) is 8.14. The van der Waals surface area contributed by atoms with Crippen molar-refractivity contribution >= 4 is 11.6 Å². The highest BCUT2D eigenvalue weighted by Gasteiger charge is 2.20. The number of nitrogens with two attached hydrogens (primary N) is 1. The summed E-state index contributed by atoms with van der Waals surface area (Å²) in [6, 6.07) is 1.69. The first kappa shape index (κ1) is 13.8. The first-order valence-corrected chi connectivity index (χ1v) is 6.89. The van der Waals surface area contributed by atoms with Gasteiger partial charge in [0.2, 0.25) is 0 Å². The van der Waals surface area contributed by atoms with Crippen LogP contribution in [0.5, 0.6) is 0 Å². The Morgan fingerprint density at radius 1 is 1.53 bits per heavy atom. The minimum atomic E-state index is -0.112. The molecule has 5 heteroatoms. The molecule has 0 saturated heterocycles. The predicted octanol–water partition coefficient (Wildman–Crippen LogP) is 1.92. The Balaban J connectivity index is 1.90. The summed E-state index contributed by atoms with van der Waals surface area (Å²) < 4.78 is 0. The van der Waals surface area contributed by atoms with Gasteiger partial charge < -0.3 is 10.7 Å². The molecule has 2 atom stereocenters. The van der Waals surface area contributed by atoms with Crippen LogP contribution in [0.4, 0.5) is 5.69 Å². The van der Waals surface area contributed by atoms with Crippen LogP contribution in [0.3, 0.4) is 0 Å². The molecule has 1 aliphatic rings. The van der Waals surface area contributed by atoms with E-state index < -0.39 is 0 Å². The number of carbonyl (C=O) groups is 1. The van der Waals surface area contributed by atoms with Gasteiger partial charge >= 0.3 is 0 Å². The van der Waals surface area contributed by atoms with Crippen LogP contribution in [0.2, 0.25) is 0 Å². The number of aromatic nitrogens is 1. The SMILES string of the molecule is CC1CCCC(CNC(=O)c2cnccc2NN)C1. The molecule has 0 bridgehead atoms. The van der Waals surface area contributed by atoms with Crippen molar-refractivity contribution in [2.75, 3.05) is 12.0 Å². The summed E-state index contributed by atoms with van der Waals surface area (Å²) >= 11 is 0. The van der Waals surface area contributed by atoms with Gasteiger partial charge in [-0.05, 0) is 30.7 Å². The second-order valence-electron chi connectivity index (χ2n) is 5.41. The summed E-state index contributed by atoms with van der Waals surface area (Å²) in [6.45, 7) is 3.02. The van der Waals surface area contributed by atoms with Gasteiger partial charge in [-0.1, -0.05) is 19.8 Å². The molecule has 0 radical (unpaired) electrons. The van der Waals surface area contributed by atoms with Gasteiger partial charge in [-0.3, -0.25) is 15.6 Å². The average molecular weight is 262 g/mol. The number of rotatable bonds is 4. The number of nitrogen functional groups attached to an aromatic ring is 1. The topological polar surface area (TPSA) is 80.0 Å². The average Bonchev–Trinajstić information content (AvgIpc) is 2.45. The normalized spacial score (nSPS) is 22.8. The van der Waals surface area contributed by atoms with E-state index >= 15 is 0 Å². The summed E-state index contributed by atoms with van der Waals surface area (Å²) in [4.78, 5) is 16.1. The van der Waals surface area contributed by atoms with Crippen LogP contribution in [-0.2, 0) is 0 Å². The number of pyridine rings is 1. The molecule has 2 rings (SSSR count). The third-order valence-electron chi connectivity index (χ3n) is 3.82. The highest BCUT2D eigenvalue weighted by atomic mass is 16.1. The fourth-order valence-corrected chi connectivity index (χ4v) is 2.78. The molecule has 1 amide bonds. The number of amides is 1. The van der Waals surface area contributed by atoms with E-state index in [9.17, 15) is 4.79 Å². The Kier molecular flexibility index (Phi) is 4.74. The van der Waals surface area contributed by atoms with Crippen molar-refractivity contribution < 1.29 is 4.79 Å². The molecular formula is C14H22N4O. The van der Waals surface area contributed by atoms with Crippen molar-refractivity contribution in [2.45, 2.75) is 32.6 Å². The molecule has 0 spiro atoms. The van der Waals surface area contributed by atoms with E-state index in [0.29, 0.717) is 17.2 Å². The largest absolute Gasteiger partial charge is 0.352 e. The molecule has 4 N–H and O–H groups in total. The molecule has 1 aromatic heterocycles. The molecule has 1 aliphatic carbocycles. The lowest BCUT2D eigenvalue weighted by Crippen LogP contribution is -2.32. The smallest absolute Gasteiger partial charge is 0.255 e. The summed E-state index contributed by atoms with van der Waals surface area (Å²) in [7, 11) is 0. The second kappa shape index (κ2) is 6.52. The van der Waals surface area contributed by atoms with E-state index in [0.717, 1.165) is 12.5 Å². The van der Waals surface area contributed by atoms with E-state index in [1.165, 1.54) is 31.9 Å². The summed E-state index contributed by atoms with van der Waals surface area (Å²) in [5.41, 5.74) is 3.62. The van der Waals surface area contributed by atoms with Gasteiger partial charge in [0.1, 0.15) is 0 Å². The minimum absolute atomic E-state index is 0.112. The number of anilines is 1. The first-order valence-electron chi connectivity index (χ1n) is 6.89. The minimum Gasteiger partial charge on any atom is -0.352 e. The first-order chi connectivity index (χ1) is 9.20.